The van der Waals surface area contributed by atoms with Crippen LogP contribution in [-0.2, 0) is 6.42 Å². The van der Waals surface area contributed by atoms with E-state index in [9.17, 15) is 0 Å². The molecule has 0 unspecified atom stereocenters. The first-order valence-corrected chi connectivity index (χ1v) is 8.80. The second kappa shape index (κ2) is 7.20. The van der Waals surface area contributed by atoms with Crippen LogP contribution in [0.5, 0.6) is 0 Å². The molecule has 0 saturated heterocycles. The molecule has 0 bridgehead atoms. The van der Waals surface area contributed by atoms with Crippen molar-refractivity contribution < 1.29 is 0 Å². The van der Waals surface area contributed by atoms with Crippen LogP contribution in [0.15, 0.2) is 59.8 Å². The normalized spacial score (nSPS) is 11.1. The molecule has 5 heteroatoms. The molecule has 0 atom stereocenters. The number of halogens is 1. The summed E-state index contributed by atoms with van der Waals surface area (Å²) in [5.41, 5.74) is 2.25. The third kappa shape index (κ3) is 3.95. The van der Waals surface area contributed by atoms with Crippen molar-refractivity contribution in [3.05, 3.63) is 71.0 Å². The van der Waals surface area contributed by atoms with Gasteiger partial charge in [0.2, 0.25) is 0 Å². The summed E-state index contributed by atoms with van der Waals surface area (Å²) in [6.07, 6.45) is 0.745. The molecule has 0 aliphatic carbocycles. The van der Waals surface area contributed by atoms with E-state index in [1.165, 1.54) is 5.56 Å². The van der Waals surface area contributed by atoms with Gasteiger partial charge in [-0.05, 0) is 29.8 Å². The molecule has 1 aromatic heterocycles. The number of nitrogens with zero attached hydrogens (tertiary/aromatic N) is 3. The fraction of sp³-hybridized carbons (Fsp3) is 0.222. The molecule has 0 radical (unpaired) electrons. The Kier molecular flexibility index (Phi) is 5.03. The molecule has 0 aliphatic rings. The smallest absolute Gasteiger partial charge is 0.196 e. The van der Waals surface area contributed by atoms with Crippen LogP contribution in [0.4, 0.5) is 0 Å². The molecule has 3 aromatic rings. The van der Waals surface area contributed by atoms with E-state index >= 15 is 0 Å². The quantitative estimate of drug-likeness (QED) is 0.610. The van der Waals surface area contributed by atoms with Crippen molar-refractivity contribution in [2.45, 2.75) is 30.7 Å². The number of benzene rings is 2. The van der Waals surface area contributed by atoms with Gasteiger partial charge in [-0.15, -0.1) is 10.2 Å². The van der Waals surface area contributed by atoms with E-state index in [0.29, 0.717) is 5.25 Å². The van der Waals surface area contributed by atoms with Crippen LogP contribution >= 0.6 is 23.4 Å². The highest BCUT2D eigenvalue weighted by Crippen LogP contribution is 2.27. The molecule has 23 heavy (non-hydrogen) atoms. The molecule has 3 rings (SSSR count). The summed E-state index contributed by atoms with van der Waals surface area (Å²) in [7, 11) is 0. The van der Waals surface area contributed by atoms with Crippen molar-refractivity contribution in [2.75, 3.05) is 0 Å². The fourth-order valence-electron chi connectivity index (χ4n) is 2.33. The van der Waals surface area contributed by atoms with E-state index in [0.717, 1.165) is 28.1 Å². The van der Waals surface area contributed by atoms with Crippen LogP contribution in [0.1, 0.15) is 25.2 Å². The summed E-state index contributed by atoms with van der Waals surface area (Å²) in [5, 5.41) is 10.9. The van der Waals surface area contributed by atoms with Gasteiger partial charge in [0.1, 0.15) is 5.82 Å². The number of hydrogen-bond donors (Lipinski definition) is 0. The Morgan fingerprint density at radius 3 is 2.35 bits per heavy atom. The van der Waals surface area contributed by atoms with Crippen molar-refractivity contribution >= 4 is 23.4 Å². The number of rotatable bonds is 5. The summed E-state index contributed by atoms with van der Waals surface area (Å²) in [6.45, 7) is 4.31. The second-order valence-corrected chi connectivity index (χ2v) is 7.52. The Morgan fingerprint density at radius 1 is 1.00 bits per heavy atom. The lowest BCUT2D eigenvalue weighted by molar-refractivity contribution is 0.844. The first-order chi connectivity index (χ1) is 11.1. The maximum absolute atomic E-state index is 6.02. The maximum Gasteiger partial charge on any atom is 0.196 e. The van der Waals surface area contributed by atoms with E-state index in [4.69, 9.17) is 11.6 Å². The van der Waals surface area contributed by atoms with Gasteiger partial charge in [-0.25, -0.2) is 0 Å². The fourth-order valence-corrected chi connectivity index (χ4v) is 3.28. The third-order valence-corrected chi connectivity index (χ3v) is 4.53. The molecule has 0 N–H and O–H groups in total. The van der Waals surface area contributed by atoms with Gasteiger partial charge in [0, 0.05) is 22.4 Å². The van der Waals surface area contributed by atoms with Crippen molar-refractivity contribution in [1.29, 1.82) is 0 Å². The molecule has 0 saturated carbocycles. The van der Waals surface area contributed by atoms with Gasteiger partial charge in [-0.2, -0.15) is 0 Å². The van der Waals surface area contributed by atoms with Gasteiger partial charge in [0.15, 0.2) is 5.16 Å². The Labute approximate surface area is 145 Å². The average molecular weight is 344 g/mol. The highest BCUT2D eigenvalue weighted by molar-refractivity contribution is 7.99. The topological polar surface area (TPSA) is 30.7 Å². The minimum Gasteiger partial charge on any atom is -0.274 e. The highest BCUT2D eigenvalue weighted by Gasteiger charge is 2.16. The minimum atomic E-state index is 0.440. The zero-order chi connectivity index (χ0) is 16.2. The van der Waals surface area contributed by atoms with E-state index in [-0.39, 0.29) is 0 Å². The van der Waals surface area contributed by atoms with Gasteiger partial charge in [-0.1, -0.05) is 67.5 Å². The van der Waals surface area contributed by atoms with Crippen molar-refractivity contribution in [3.63, 3.8) is 0 Å². The lowest BCUT2D eigenvalue weighted by Crippen LogP contribution is -2.04. The molecule has 1 heterocycles. The zero-order valence-electron chi connectivity index (χ0n) is 13.1. The van der Waals surface area contributed by atoms with E-state index in [1.807, 2.05) is 42.5 Å². The third-order valence-electron chi connectivity index (χ3n) is 3.33. The first kappa shape index (κ1) is 16.1. The van der Waals surface area contributed by atoms with Crippen molar-refractivity contribution in [3.8, 4) is 5.69 Å². The predicted molar refractivity (Wildman–Crippen MR) is 96.6 cm³/mol. The van der Waals surface area contributed by atoms with Gasteiger partial charge in [0.05, 0.1) is 0 Å². The molecular weight excluding hydrogens is 326 g/mol. The van der Waals surface area contributed by atoms with E-state index in [2.05, 4.69) is 40.7 Å². The van der Waals surface area contributed by atoms with Crippen LogP contribution < -0.4 is 0 Å². The summed E-state index contributed by atoms with van der Waals surface area (Å²) >= 11 is 7.73. The summed E-state index contributed by atoms with van der Waals surface area (Å²) < 4.78 is 2.12. The monoisotopic (exact) mass is 343 g/mol. The Balaban J connectivity index is 2.02. The maximum atomic E-state index is 6.02. The molecule has 3 nitrogen and oxygen atoms in total. The SMILES string of the molecule is CC(C)Sc1nnc(Cc2ccccc2)n1-c1ccc(Cl)cc1. The largest absolute Gasteiger partial charge is 0.274 e. The van der Waals surface area contributed by atoms with Gasteiger partial charge in [-0.3, -0.25) is 4.57 Å². The first-order valence-electron chi connectivity index (χ1n) is 7.54. The van der Waals surface area contributed by atoms with E-state index < -0.39 is 0 Å². The molecule has 0 fully saturated rings. The number of hydrogen-bond acceptors (Lipinski definition) is 3. The molecule has 0 amide bonds. The Hall–Kier alpha value is -1.78. The van der Waals surface area contributed by atoms with Gasteiger partial charge < -0.3 is 0 Å². The molecular formula is C18H18ClN3S. The molecule has 0 aliphatic heterocycles. The number of aromatic nitrogens is 3. The Morgan fingerprint density at radius 2 is 1.70 bits per heavy atom. The molecule has 2 aromatic carbocycles. The van der Waals surface area contributed by atoms with Crippen molar-refractivity contribution in [2.24, 2.45) is 0 Å². The van der Waals surface area contributed by atoms with Crippen molar-refractivity contribution in [1.82, 2.24) is 14.8 Å². The van der Waals surface area contributed by atoms with Crippen LogP contribution in [0, 0.1) is 0 Å². The van der Waals surface area contributed by atoms with Crippen LogP contribution in [0.25, 0.3) is 5.69 Å². The summed E-state index contributed by atoms with van der Waals surface area (Å²) in [4.78, 5) is 0. The standard InChI is InChI=1S/C18H18ClN3S/c1-13(2)23-18-21-20-17(12-14-6-4-3-5-7-14)22(18)16-10-8-15(19)9-11-16/h3-11,13H,12H2,1-2H3. The average Bonchev–Trinajstić information content (AvgIpc) is 2.91. The predicted octanol–water partition coefficient (Wildman–Crippen LogP) is 5.01. The van der Waals surface area contributed by atoms with Crippen LogP contribution in [0.3, 0.4) is 0 Å². The molecule has 0 spiro atoms. The summed E-state index contributed by atoms with van der Waals surface area (Å²) in [5.74, 6) is 0.932. The zero-order valence-corrected chi connectivity index (χ0v) is 14.7. The van der Waals surface area contributed by atoms with Crippen LogP contribution in [0.2, 0.25) is 5.02 Å². The lowest BCUT2D eigenvalue weighted by atomic mass is 10.1. The van der Waals surface area contributed by atoms with Gasteiger partial charge >= 0.3 is 0 Å². The minimum absolute atomic E-state index is 0.440. The number of thioether (sulfide) groups is 1. The summed E-state index contributed by atoms with van der Waals surface area (Å²) in [6, 6.07) is 18.1. The lowest BCUT2D eigenvalue weighted by Gasteiger charge is -2.11. The van der Waals surface area contributed by atoms with E-state index in [1.54, 1.807) is 11.8 Å². The molecule has 118 valence electrons. The van der Waals surface area contributed by atoms with Crippen LogP contribution in [-0.4, -0.2) is 20.0 Å². The van der Waals surface area contributed by atoms with Gasteiger partial charge in [0.25, 0.3) is 0 Å². The Bertz CT molecular complexity index is 767. The highest BCUT2D eigenvalue weighted by atomic mass is 35.5. The second-order valence-electron chi connectivity index (χ2n) is 5.54.